The van der Waals surface area contributed by atoms with Crippen molar-refractivity contribution in [3.8, 4) is 6.07 Å². The Morgan fingerprint density at radius 3 is 2.44 bits per heavy atom. The molecule has 0 aliphatic heterocycles. The van der Waals surface area contributed by atoms with E-state index in [1.54, 1.807) is 13.1 Å². The molecule has 0 bridgehead atoms. The predicted molar refractivity (Wildman–Crippen MR) is 85.0 cm³/mol. The van der Waals surface area contributed by atoms with E-state index >= 15 is 0 Å². The Kier molecular flexibility index (Phi) is 4.84. The number of ketones is 1. The summed E-state index contributed by atoms with van der Waals surface area (Å²) in [4.78, 5) is 47.4. The highest BCUT2D eigenvalue weighted by atomic mass is 16.5. The van der Waals surface area contributed by atoms with Gasteiger partial charge in [0.05, 0.1) is 19.2 Å². The van der Waals surface area contributed by atoms with Crippen LogP contribution in [0.2, 0.25) is 0 Å². The number of nitrogens with zero attached hydrogens (tertiary/aromatic N) is 3. The second kappa shape index (κ2) is 6.84. The van der Waals surface area contributed by atoms with Gasteiger partial charge in [-0.1, -0.05) is 0 Å². The van der Waals surface area contributed by atoms with Gasteiger partial charge in [-0.25, -0.2) is 4.79 Å². The first kappa shape index (κ1) is 17.7. The SMILES string of the molecule is COC(=O)c1cc(C#N)c(=O)n(CC(=O)c2cc(C(N)=O)n(C)c2)c1. The predicted octanol–water partition coefficient (Wildman–Crippen LogP) is -0.173. The number of hydrogen-bond donors (Lipinski definition) is 1. The standard InChI is InChI=1S/C16H14N4O5/c1-19-6-10(4-12(19)14(18)22)13(21)8-20-7-11(16(24)25-2)3-9(5-17)15(20)23/h3-4,6-7H,8H2,1-2H3,(H2,18,22). The molecule has 0 aliphatic rings. The lowest BCUT2D eigenvalue weighted by molar-refractivity contribution is 0.0598. The van der Waals surface area contributed by atoms with E-state index in [1.165, 1.54) is 16.8 Å². The number of nitrogens with two attached hydrogens (primary N) is 1. The minimum Gasteiger partial charge on any atom is -0.465 e. The van der Waals surface area contributed by atoms with Crippen LogP contribution in [0.4, 0.5) is 0 Å². The number of aromatic nitrogens is 2. The van der Waals surface area contributed by atoms with E-state index in [1.807, 2.05) is 0 Å². The third-order valence-corrected chi connectivity index (χ3v) is 3.52. The molecule has 25 heavy (non-hydrogen) atoms. The highest BCUT2D eigenvalue weighted by Crippen LogP contribution is 2.09. The van der Waals surface area contributed by atoms with Crippen molar-refractivity contribution in [1.82, 2.24) is 9.13 Å². The Bertz CT molecular complexity index is 977. The van der Waals surface area contributed by atoms with Crippen molar-refractivity contribution in [3.05, 3.63) is 57.3 Å². The number of carbonyl (C=O) groups is 3. The van der Waals surface area contributed by atoms with Gasteiger partial charge in [0, 0.05) is 25.0 Å². The molecule has 2 aromatic heterocycles. The maximum Gasteiger partial charge on any atom is 0.339 e. The van der Waals surface area contributed by atoms with Crippen LogP contribution in [0.15, 0.2) is 29.3 Å². The molecule has 0 saturated heterocycles. The van der Waals surface area contributed by atoms with E-state index in [0.29, 0.717) is 0 Å². The smallest absolute Gasteiger partial charge is 0.339 e. The molecule has 2 aromatic rings. The van der Waals surface area contributed by atoms with Crippen LogP contribution in [0.5, 0.6) is 0 Å². The second-order valence-electron chi connectivity index (χ2n) is 5.19. The van der Waals surface area contributed by atoms with Crippen molar-refractivity contribution in [2.45, 2.75) is 6.54 Å². The molecule has 0 radical (unpaired) electrons. The highest BCUT2D eigenvalue weighted by Gasteiger charge is 2.17. The molecule has 0 saturated carbocycles. The Labute approximate surface area is 141 Å². The number of carbonyl (C=O) groups excluding carboxylic acids is 3. The Morgan fingerprint density at radius 2 is 1.92 bits per heavy atom. The fourth-order valence-electron chi connectivity index (χ4n) is 2.27. The number of aryl methyl sites for hydroxylation is 1. The van der Waals surface area contributed by atoms with Crippen molar-refractivity contribution < 1.29 is 19.1 Å². The monoisotopic (exact) mass is 342 g/mol. The van der Waals surface area contributed by atoms with Gasteiger partial charge in [-0.15, -0.1) is 0 Å². The second-order valence-corrected chi connectivity index (χ2v) is 5.19. The van der Waals surface area contributed by atoms with Gasteiger partial charge in [-0.05, 0) is 12.1 Å². The molecule has 0 atom stereocenters. The Morgan fingerprint density at radius 1 is 1.24 bits per heavy atom. The average molecular weight is 342 g/mol. The van der Waals surface area contributed by atoms with Gasteiger partial charge in [-0.2, -0.15) is 5.26 Å². The van der Waals surface area contributed by atoms with Crippen LogP contribution < -0.4 is 11.3 Å². The number of methoxy groups -OCH3 is 1. The molecule has 128 valence electrons. The molecule has 0 fully saturated rings. The minimum atomic E-state index is -0.742. The van der Waals surface area contributed by atoms with Crippen LogP contribution in [-0.2, 0) is 18.3 Å². The van der Waals surface area contributed by atoms with Gasteiger partial charge in [0.2, 0.25) is 0 Å². The molecule has 2 rings (SSSR count). The number of Topliss-reactive ketones (excluding diaryl/α,β-unsaturated/α-hetero) is 1. The van der Waals surface area contributed by atoms with E-state index in [2.05, 4.69) is 4.74 Å². The molecule has 0 aliphatic carbocycles. The lowest BCUT2D eigenvalue weighted by Gasteiger charge is -2.07. The fraction of sp³-hybridized carbons (Fsp3) is 0.188. The summed E-state index contributed by atoms with van der Waals surface area (Å²) in [6.07, 6.45) is 2.55. The van der Waals surface area contributed by atoms with Gasteiger partial charge in [0.15, 0.2) is 5.78 Å². The fourth-order valence-corrected chi connectivity index (χ4v) is 2.27. The normalized spacial score (nSPS) is 10.1. The largest absolute Gasteiger partial charge is 0.465 e. The number of amides is 1. The lowest BCUT2D eigenvalue weighted by Crippen LogP contribution is -2.27. The molecule has 9 heteroatoms. The first-order chi connectivity index (χ1) is 11.8. The molecule has 1 amide bonds. The highest BCUT2D eigenvalue weighted by molar-refractivity contribution is 6.00. The van der Waals surface area contributed by atoms with Crippen LogP contribution in [0.3, 0.4) is 0 Å². The van der Waals surface area contributed by atoms with Crippen molar-refractivity contribution in [2.24, 2.45) is 12.8 Å². The Balaban J connectivity index is 2.42. The Hall–Kier alpha value is -3.67. The van der Waals surface area contributed by atoms with Gasteiger partial charge in [0.1, 0.15) is 17.3 Å². The number of nitriles is 1. The van der Waals surface area contributed by atoms with Crippen molar-refractivity contribution in [3.63, 3.8) is 0 Å². The van der Waals surface area contributed by atoms with Crippen LogP contribution in [0.1, 0.15) is 36.8 Å². The molecule has 0 aromatic carbocycles. The molecule has 2 N–H and O–H groups in total. The average Bonchev–Trinajstić information content (AvgIpc) is 2.98. The third kappa shape index (κ3) is 3.48. The number of pyridine rings is 1. The minimum absolute atomic E-state index is 0.0302. The molecule has 9 nitrogen and oxygen atoms in total. The van der Waals surface area contributed by atoms with Crippen molar-refractivity contribution in [1.29, 1.82) is 5.26 Å². The number of esters is 1. The number of primary amides is 1. The van der Waals surface area contributed by atoms with E-state index in [4.69, 9.17) is 11.0 Å². The quantitative estimate of drug-likeness (QED) is 0.591. The summed E-state index contributed by atoms with van der Waals surface area (Å²) in [6, 6.07) is 4.09. The number of ether oxygens (including phenoxy) is 1. The molecular weight excluding hydrogens is 328 g/mol. The molecular formula is C16H14N4O5. The summed E-state index contributed by atoms with van der Waals surface area (Å²) in [6.45, 7) is -0.416. The maximum absolute atomic E-state index is 12.4. The maximum atomic E-state index is 12.4. The summed E-state index contributed by atoms with van der Waals surface area (Å²) in [5.41, 5.74) is 4.47. The first-order valence-electron chi connectivity index (χ1n) is 7.00. The summed E-state index contributed by atoms with van der Waals surface area (Å²) in [5, 5.41) is 9.02. The van der Waals surface area contributed by atoms with Gasteiger partial charge in [-0.3, -0.25) is 14.4 Å². The van der Waals surface area contributed by atoms with Gasteiger partial charge >= 0.3 is 5.97 Å². The van der Waals surface area contributed by atoms with E-state index in [9.17, 15) is 19.2 Å². The zero-order valence-electron chi connectivity index (χ0n) is 13.5. The van der Waals surface area contributed by atoms with Gasteiger partial charge < -0.3 is 19.6 Å². The van der Waals surface area contributed by atoms with Crippen LogP contribution >= 0.6 is 0 Å². The van der Waals surface area contributed by atoms with Crippen LogP contribution in [0.25, 0.3) is 0 Å². The zero-order valence-corrected chi connectivity index (χ0v) is 13.5. The molecule has 0 spiro atoms. The number of hydrogen-bond acceptors (Lipinski definition) is 6. The zero-order chi connectivity index (χ0) is 18.7. The van der Waals surface area contributed by atoms with Crippen molar-refractivity contribution >= 4 is 17.7 Å². The van der Waals surface area contributed by atoms with E-state index in [0.717, 1.165) is 23.9 Å². The number of rotatable bonds is 5. The molecule has 2 heterocycles. The van der Waals surface area contributed by atoms with Crippen LogP contribution in [0, 0.1) is 11.3 Å². The lowest BCUT2D eigenvalue weighted by atomic mass is 10.1. The van der Waals surface area contributed by atoms with Crippen LogP contribution in [-0.4, -0.2) is 33.9 Å². The summed E-state index contributed by atoms with van der Waals surface area (Å²) in [7, 11) is 2.71. The summed E-state index contributed by atoms with van der Waals surface area (Å²) in [5.74, 6) is -1.93. The summed E-state index contributed by atoms with van der Waals surface area (Å²) >= 11 is 0. The summed E-state index contributed by atoms with van der Waals surface area (Å²) < 4.78 is 6.90. The molecule has 0 unspecified atom stereocenters. The van der Waals surface area contributed by atoms with E-state index in [-0.39, 0.29) is 22.4 Å². The van der Waals surface area contributed by atoms with Gasteiger partial charge in [0.25, 0.3) is 11.5 Å². The van der Waals surface area contributed by atoms with Crippen molar-refractivity contribution in [2.75, 3.05) is 7.11 Å². The third-order valence-electron chi connectivity index (χ3n) is 3.52. The topological polar surface area (TPSA) is 137 Å². The first-order valence-corrected chi connectivity index (χ1v) is 7.00. The van der Waals surface area contributed by atoms with E-state index < -0.39 is 29.8 Å².